The lowest BCUT2D eigenvalue weighted by Crippen LogP contribution is -2.18. The average Bonchev–Trinajstić information content (AvgIpc) is 3.11. The number of benzene rings is 1. The molecule has 136 valence electrons. The van der Waals surface area contributed by atoms with Gasteiger partial charge in [0.05, 0.1) is 15.7 Å². The van der Waals surface area contributed by atoms with Crippen molar-refractivity contribution < 1.29 is 5.11 Å². The number of nitrogens with zero attached hydrogens (tertiary/aromatic N) is 6. The summed E-state index contributed by atoms with van der Waals surface area (Å²) in [5.74, 6) is -0.169. The van der Waals surface area contributed by atoms with E-state index in [1.807, 2.05) is 6.07 Å². The number of rotatable bonds is 3. The molecule has 3 rings (SSSR count). The molecule has 10 heteroatoms. The number of aromatic hydroxyl groups is 1. The topological polar surface area (TPSA) is 109 Å². The molecule has 27 heavy (non-hydrogen) atoms. The Morgan fingerprint density at radius 2 is 1.96 bits per heavy atom. The van der Waals surface area contributed by atoms with Crippen LogP contribution in [0.25, 0.3) is 5.69 Å². The summed E-state index contributed by atoms with van der Waals surface area (Å²) in [5, 5.41) is 32.0. The van der Waals surface area contributed by atoms with Crippen LogP contribution in [0, 0.1) is 18.3 Å². The van der Waals surface area contributed by atoms with Gasteiger partial charge in [0.15, 0.2) is 11.5 Å². The van der Waals surface area contributed by atoms with Crippen LogP contribution < -0.4 is 5.56 Å². The third-order valence-corrected chi connectivity index (χ3v) is 4.62. The van der Waals surface area contributed by atoms with Crippen molar-refractivity contribution in [3.05, 3.63) is 62.0 Å². The molecule has 0 saturated heterocycles. The first-order valence-corrected chi connectivity index (χ1v) is 8.34. The van der Waals surface area contributed by atoms with Crippen molar-refractivity contribution in [2.24, 2.45) is 17.3 Å². The van der Waals surface area contributed by atoms with Gasteiger partial charge in [0.2, 0.25) is 5.88 Å². The number of hydrogen-bond donors (Lipinski definition) is 1. The molecule has 0 spiro atoms. The molecule has 1 aromatic carbocycles. The van der Waals surface area contributed by atoms with Gasteiger partial charge in [0, 0.05) is 24.9 Å². The molecule has 2 aromatic heterocycles. The number of nitriles is 1. The fourth-order valence-electron chi connectivity index (χ4n) is 2.36. The van der Waals surface area contributed by atoms with E-state index in [9.17, 15) is 9.90 Å². The van der Waals surface area contributed by atoms with Gasteiger partial charge < -0.3 is 5.11 Å². The van der Waals surface area contributed by atoms with Crippen LogP contribution in [0.1, 0.15) is 11.1 Å². The second-order valence-corrected chi connectivity index (χ2v) is 6.38. The molecule has 0 atom stereocenters. The Balaban J connectivity index is 1.98. The maximum Gasteiger partial charge on any atom is 0.281 e. The van der Waals surface area contributed by atoms with Crippen molar-refractivity contribution in [2.45, 2.75) is 6.92 Å². The maximum absolute atomic E-state index is 12.3. The first-order chi connectivity index (χ1) is 12.8. The summed E-state index contributed by atoms with van der Waals surface area (Å²) in [5.41, 5.74) is 0.264. The van der Waals surface area contributed by atoms with E-state index in [-0.39, 0.29) is 22.6 Å². The quantitative estimate of drug-likeness (QED) is 0.662. The van der Waals surface area contributed by atoms with E-state index in [4.69, 9.17) is 28.5 Å². The highest BCUT2D eigenvalue weighted by Crippen LogP contribution is 2.27. The van der Waals surface area contributed by atoms with Gasteiger partial charge in [-0.05, 0) is 25.1 Å². The minimum absolute atomic E-state index is 0.0348. The zero-order chi connectivity index (χ0) is 19.7. The van der Waals surface area contributed by atoms with Gasteiger partial charge in [-0.2, -0.15) is 5.26 Å². The van der Waals surface area contributed by atoms with E-state index >= 15 is 0 Å². The first-order valence-electron chi connectivity index (χ1n) is 7.59. The van der Waals surface area contributed by atoms with Crippen LogP contribution in [-0.2, 0) is 7.05 Å². The molecule has 0 saturated carbocycles. The summed E-state index contributed by atoms with van der Waals surface area (Å²) in [4.78, 5) is 12.3. The van der Waals surface area contributed by atoms with Gasteiger partial charge >= 0.3 is 0 Å². The van der Waals surface area contributed by atoms with Crippen LogP contribution in [0.4, 0.5) is 11.5 Å². The molecule has 0 fully saturated rings. The molecule has 0 unspecified atom stereocenters. The first kappa shape index (κ1) is 18.6. The minimum atomic E-state index is -0.573. The number of aromatic nitrogens is 3. The summed E-state index contributed by atoms with van der Waals surface area (Å²) >= 11 is 11.9. The van der Waals surface area contributed by atoms with E-state index in [1.165, 1.54) is 18.7 Å². The summed E-state index contributed by atoms with van der Waals surface area (Å²) in [6, 6.07) is 8.48. The van der Waals surface area contributed by atoms with Crippen LogP contribution in [0.5, 0.6) is 5.88 Å². The predicted octanol–water partition coefficient (Wildman–Crippen LogP) is 4.18. The normalized spacial score (nSPS) is 11.1. The van der Waals surface area contributed by atoms with Crippen molar-refractivity contribution in [1.82, 2.24) is 14.3 Å². The third-order valence-electron chi connectivity index (χ3n) is 3.89. The van der Waals surface area contributed by atoms with E-state index in [0.29, 0.717) is 15.7 Å². The van der Waals surface area contributed by atoms with Crippen molar-refractivity contribution >= 4 is 34.7 Å². The molecule has 3 aromatic rings. The van der Waals surface area contributed by atoms with Gasteiger partial charge in [-0.3, -0.25) is 9.36 Å². The Hall–Kier alpha value is -3.15. The second-order valence-electron chi connectivity index (χ2n) is 5.57. The van der Waals surface area contributed by atoms with Crippen LogP contribution in [-0.4, -0.2) is 19.5 Å². The standard InChI is InChI=1S/C17H12Cl2N6O2/c1-9-11(8-20)16(26)24(2)17(27)15(9)22-21-14-5-6-25(23-14)10-3-4-12(18)13(19)7-10/h3-7,26H,1-2H3. The second kappa shape index (κ2) is 7.23. The molecule has 0 radical (unpaired) electrons. The Bertz CT molecular complexity index is 1170. The minimum Gasteiger partial charge on any atom is -0.493 e. The van der Waals surface area contributed by atoms with E-state index < -0.39 is 11.4 Å². The Morgan fingerprint density at radius 3 is 2.63 bits per heavy atom. The summed E-state index contributed by atoms with van der Waals surface area (Å²) in [7, 11) is 1.34. The molecule has 0 aliphatic carbocycles. The Kier molecular flexibility index (Phi) is 4.99. The number of azo groups is 1. The average molecular weight is 403 g/mol. The largest absolute Gasteiger partial charge is 0.493 e. The highest BCUT2D eigenvalue weighted by atomic mass is 35.5. The smallest absolute Gasteiger partial charge is 0.281 e. The molecular formula is C17H12Cl2N6O2. The lowest BCUT2D eigenvalue weighted by molar-refractivity contribution is 0.421. The Labute approximate surface area is 163 Å². The zero-order valence-corrected chi connectivity index (χ0v) is 15.7. The van der Waals surface area contributed by atoms with Gasteiger partial charge in [-0.15, -0.1) is 15.3 Å². The number of halogens is 2. The molecule has 2 heterocycles. The molecule has 0 amide bonds. The molecule has 8 nitrogen and oxygen atoms in total. The monoisotopic (exact) mass is 402 g/mol. The molecule has 1 N–H and O–H groups in total. The summed E-state index contributed by atoms with van der Waals surface area (Å²) in [6.45, 7) is 1.52. The lowest BCUT2D eigenvalue weighted by Gasteiger charge is -2.08. The van der Waals surface area contributed by atoms with Crippen LogP contribution >= 0.6 is 23.2 Å². The number of pyridine rings is 1. The third kappa shape index (κ3) is 3.43. The molecule has 0 aliphatic heterocycles. The van der Waals surface area contributed by atoms with E-state index in [0.717, 1.165) is 4.57 Å². The van der Waals surface area contributed by atoms with E-state index in [2.05, 4.69) is 15.3 Å². The lowest BCUT2D eigenvalue weighted by atomic mass is 10.1. The number of hydrogen-bond acceptors (Lipinski definition) is 6. The van der Waals surface area contributed by atoms with Crippen LogP contribution in [0.3, 0.4) is 0 Å². The SMILES string of the molecule is Cc1c(C#N)c(O)n(C)c(=O)c1N=Nc1ccn(-c2ccc(Cl)c(Cl)c2)n1. The van der Waals surface area contributed by atoms with Gasteiger partial charge in [-0.1, -0.05) is 23.2 Å². The van der Waals surface area contributed by atoms with Crippen molar-refractivity contribution in [3.63, 3.8) is 0 Å². The van der Waals surface area contributed by atoms with Crippen molar-refractivity contribution in [1.29, 1.82) is 5.26 Å². The van der Waals surface area contributed by atoms with Crippen LogP contribution in [0.15, 0.2) is 45.5 Å². The summed E-state index contributed by atoms with van der Waals surface area (Å²) < 4.78 is 2.47. The Morgan fingerprint density at radius 1 is 1.22 bits per heavy atom. The van der Waals surface area contributed by atoms with Gasteiger partial charge in [0.25, 0.3) is 5.56 Å². The van der Waals surface area contributed by atoms with Gasteiger partial charge in [-0.25, -0.2) is 4.68 Å². The maximum atomic E-state index is 12.3. The van der Waals surface area contributed by atoms with Crippen LogP contribution in [0.2, 0.25) is 10.0 Å². The predicted molar refractivity (Wildman–Crippen MR) is 101 cm³/mol. The van der Waals surface area contributed by atoms with Crippen molar-refractivity contribution in [2.75, 3.05) is 0 Å². The van der Waals surface area contributed by atoms with E-state index in [1.54, 1.807) is 30.5 Å². The molecule has 0 bridgehead atoms. The zero-order valence-electron chi connectivity index (χ0n) is 14.2. The fourth-order valence-corrected chi connectivity index (χ4v) is 2.65. The highest BCUT2D eigenvalue weighted by Gasteiger charge is 2.17. The fraction of sp³-hybridized carbons (Fsp3) is 0.118. The van der Waals surface area contributed by atoms with Crippen molar-refractivity contribution in [3.8, 4) is 17.6 Å². The van der Waals surface area contributed by atoms with Gasteiger partial charge in [0.1, 0.15) is 11.6 Å². The summed E-state index contributed by atoms with van der Waals surface area (Å²) in [6.07, 6.45) is 1.65. The molecule has 0 aliphatic rings. The highest BCUT2D eigenvalue weighted by molar-refractivity contribution is 6.42. The molecular weight excluding hydrogens is 391 g/mol.